The van der Waals surface area contributed by atoms with Crippen molar-refractivity contribution in [1.29, 1.82) is 0 Å². The van der Waals surface area contributed by atoms with Gasteiger partial charge >= 0.3 is 0 Å². The molecule has 0 aliphatic carbocycles. The maximum absolute atomic E-state index is 13.1. The lowest BCUT2D eigenvalue weighted by molar-refractivity contribution is 0.0731. The van der Waals surface area contributed by atoms with Crippen molar-refractivity contribution in [3.8, 4) is 0 Å². The van der Waals surface area contributed by atoms with E-state index < -0.39 is 0 Å². The first kappa shape index (κ1) is 16.7. The van der Waals surface area contributed by atoms with Gasteiger partial charge in [0.1, 0.15) is 11.5 Å². The second kappa shape index (κ2) is 6.88. The fourth-order valence-corrected chi connectivity index (χ4v) is 3.55. The van der Waals surface area contributed by atoms with Crippen LogP contribution in [0, 0.1) is 6.92 Å². The number of hydrogen-bond donors (Lipinski definition) is 0. The lowest BCUT2D eigenvalue weighted by Crippen LogP contribution is -2.36. The minimum Gasteiger partial charge on any atom is -0.332 e. The SMILES string of the molecule is Cc1nn(Cc2ccccc2)c(Cl)c1C(=O)N1CCc2cncnc2C1. The zero-order valence-electron chi connectivity index (χ0n) is 14.4. The highest BCUT2D eigenvalue weighted by Gasteiger charge is 2.28. The number of benzene rings is 1. The number of fused-ring (bicyclic) bond motifs is 1. The predicted octanol–water partition coefficient (Wildman–Crippen LogP) is 2.88. The summed E-state index contributed by atoms with van der Waals surface area (Å²) in [6.07, 6.45) is 4.08. The van der Waals surface area contributed by atoms with Crippen molar-refractivity contribution < 1.29 is 4.79 Å². The summed E-state index contributed by atoms with van der Waals surface area (Å²) in [5, 5.41) is 4.86. The van der Waals surface area contributed by atoms with E-state index in [1.54, 1.807) is 9.58 Å². The zero-order valence-corrected chi connectivity index (χ0v) is 15.1. The normalized spacial score (nSPS) is 13.5. The Balaban J connectivity index is 1.59. The van der Waals surface area contributed by atoms with E-state index in [9.17, 15) is 4.79 Å². The van der Waals surface area contributed by atoms with Gasteiger partial charge in [-0.05, 0) is 24.5 Å². The average molecular weight is 368 g/mol. The number of carbonyl (C=O) groups is 1. The number of aromatic nitrogens is 4. The fourth-order valence-electron chi connectivity index (χ4n) is 3.24. The molecule has 3 aromatic rings. The molecule has 0 saturated carbocycles. The van der Waals surface area contributed by atoms with E-state index >= 15 is 0 Å². The maximum Gasteiger partial charge on any atom is 0.259 e. The summed E-state index contributed by atoms with van der Waals surface area (Å²) in [7, 11) is 0. The van der Waals surface area contributed by atoms with Crippen molar-refractivity contribution >= 4 is 17.5 Å². The van der Waals surface area contributed by atoms with Gasteiger partial charge in [-0.1, -0.05) is 41.9 Å². The van der Waals surface area contributed by atoms with Crippen molar-refractivity contribution in [1.82, 2.24) is 24.6 Å². The highest BCUT2D eigenvalue weighted by Crippen LogP contribution is 2.25. The predicted molar refractivity (Wildman–Crippen MR) is 98.0 cm³/mol. The molecule has 4 rings (SSSR count). The van der Waals surface area contributed by atoms with E-state index in [0.29, 0.717) is 36.0 Å². The number of carbonyl (C=O) groups excluding carboxylic acids is 1. The van der Waals surface area contributed by atoms with E-state index in [4.69, 9.17) is 11.6 Å². The first-order valence-corrected chi connectivity index (χ1v) is 8.85. The molecule has 0 atom stereocenters. The zero-order chi connectivity index (χ0) is 18.1. The molecule has 1 aliphatic rings. The molecule has 0 saturated heterocycles. The number of nitrogens with zero attached hydrogens (tertiary/aromatic N) is 5. The van der Waals surface area contributed by atoms with Crippen molar-refractivity contribution in [3.63, 3.8) is 0 Å². The van der Waals surface area contributed by atoms with Crippen LogP contribution in [0.1, 0.15) is 32.9 Å². The molecule has 0 unspecified atom stereocenters. The topological polar surface area (TPSA) is 63.9 Å². The van der Waals surface area contributed by atoms with Crippen molar-refractivity contribution in [2.45, 2.75) is 26.4 Å². The lowest BCUT2D eigenvalue weighted by Gasteiger charge is -2.27. The summed E-state index contributed by atoms with van der Waals surface area (Å²) in [6.45, 7) is 3.44. The van der Waals surface area contributed by atoms with Crippen LogP contribution in [0.5, 0.6) is 0 Å². The van der Waals surface area contributed by atoms with E-state index in [0.717, 1.165) is 23.2 Å². The standard InChI is InChI=1S/C19H18ClN5O/c1-13-17(18(20)25(23-13)10-14-5-3-2-4-6-14)19(26)24-8-7-15-9-21-12-22-16(15)11-24/h2-6,9,12H,7-8,10-11H2,1H3. The summed E-state index contributed by atoms with van der Waals surface area (Å²) in [5.41, 5.74) is 4.19. The molecular formula is C19H18ClN5O. The van der Waals surface area contributed by atoms with Gasteiger partial charge in [0, 0.05) is 12.7 Å². The second-order valence-electron chi connectivity index (χ2n) is 6.37. The number of amides is 1. The molecule has 2 aromatic heterocycles. The molecule has 26 heavy (non-hydrogen) atoms. The van der Waals surface area contributed by atoms with Crippen LogP contribution in [0.3, 0.4) is 0 Å². The summed E-state index contributed by atoms with van der Waals surface area (Å²) in [5.74, 6) is -0.101. The molecule has 132 valence electrons. The Kier molecular flexibility index (Phi) is 4.42. The molecule has 0 radical (unpaired) electrons. The summed E-state index contributed by atoms with van der Waals surface area (Å²) >= 11 is 6.52. The molecule has 1 amide bonds. The van der Waals surface area contributed by atoms with Crippen LogP contribution in [0.2, 0.25) is 5.15 Å². The summed E-state index contributed by atoms with van der Waals surface area (Å²) in [6, 6.07) is 9.93. The molecule has 6 nitrogen and oxygen atoms in total. The Morgan fingerprint density at radius 3 is 2.88 bits per heavy atom. The van der Waals surface area contributed by atoms with Gasteiger partial charge in [0.15, 0.2) is 0 Å². The highest BCUT2D eigenvalue weighted by molar-refractivity contribution is 6.33. The van der Waals surface area contributed by atoms with Crippen molar-refractivity contribution in [3.05, 3.63) is 76.1 Å². The number of hydrogen-bond acceptors (Lipinski definition) is 4. The second-order valence-corrected chi connectivity index (χ2v) is 6.72. The molecular weight excluding hydrogens is 350 g/mol. The molecule has 0 fully saturated rings. The largest absolute Gasteiger partial charge is 0.332 e. The molecule has 1 aromatic carbocycles. The third-order valence-corrected chi connectivity index (χ3v) is 5.00. The van der Waals surface area contributed by atoms with Gasteiger partial charge in [-0.2, -0.15) is 5.10 Å². The summed E-state index contributed by atoms with van der Waals surface area (Å²) in [4.78, 5) is 23.2. The summed E-state index contributed by atoms with van der Waals surface area (Å²) < 4.78 is 1.68. The Labute approximate surface area is 156 Å². The van der Waals surface area contributed by atoms with Gasteiger partial charge in [-0.15, -0.1) is 0 Å². The molecule has 3 heterocycles. The van der Waals surface area contributed by atoms with Crippen LogP contribution >= 0.6 is 11.6 Å². The minimum atomic E-state index is -0.101. The van der Waals surface area contributed by atoms with Gasteiger partial charge in [0.25, 0.3) is 5.91 Å². The maximum atomic E-state index is 13.1. The minimum absolute atomic E-state index is 0.101. The van der Waals surface area contributed by atoms with Crippen LogP contribution in [0.25, 0.3) is 0 Å². The average Bonchev–Trinajstić information content (AvgIpc) is 2.95. The first-order valence-electron chi connectivity index (χ1n) is 8.47. The van der Waals surface area contributed by atoms with Gasteiger partial charge < -0.3 is 4.90 Å². The molecule has 1 aliphatic heterocycles. The Bertz CT molecular complexity index is 954. The van der Waals surface area contributed by atoms with E-state index in [-0.39, 0.29) is 5.91 Å². The quantitative estimate of drug-likeness (QED) is 0.714. The lowest BCUT2D eigenvalue weighted by atomic mass is 10.1. The Morgan fingerprint density at radius 2 is 2.08 bits per heavy atom. The number of halogens is 1. The van der Waals surface area contributed by atoms with Gasteiger partial charge in [0.05, 0.1) is 30.0 Å². The monoisotopic (exact) mass is 367 g/mol. The third kappa shape index (κ3) is 3.08. The van der Waals surface area contributed by atoms with Gasteiger partial charge in [-0.25, -0.2) is 14.6 Å². The van der Waals surface area contributed by atoms with Crippen LogP contribution in [0.15, 0.2) is 42.9 Å². The van der Waals surface area contributed by atoms with E-state index in [2.05, 4.69) is 15.1 Å². The Hall–Kier alpha value is -2.73. The smallest absolute Gasteiger partial charge is 0.259 e. The van der Waals surface area contributed by atoms with Crippen LogP contribution in [-0.2, 0) is 19.5 Å². The van der Waals surface area contributed by atoms with Gasteiger partial charge in [-0.3, -0.25) is 4.79 Å². The number of aryl methyl sites for hydroxylation is 1. The third-order valence-electron chi connectivity index (χ3n) is 4.61. The van der Waals surface area contributed by atoms with Crippen LogP contribution in [0.4, 0.5) is 0 Å². The van der Waals surface area contributed by atoms with Crippen LogP contribution < -0.4 is 0 Å². The number of rotatable bonds is 3. The van der Waals surface area contributed by atoms with Crippen LogP contribution in [-0.4, -0.2) is 37.1 Å². The van der Waals surface area contributed by atoms with Crippen molar-refractivity contribution in [2.75, 3.05) is 6.54 Å². The fraction of sp³-hybridized carbons (Fsp3) is 0.263. The Morgan fingerprint density at radius 1 is 1.27 bits per heavy atom. The van der Waals surface area contributed by atoms with E-state index in [1.165, 1.54) is 6.33 Å². The van der Waals surface area contributed by atoms with Gasteiger partial charge in [0.2, 0.25) is 0 Å². The van der Waals surface area contributed by atoms with E-state index in [1.807, 2.05) is 43.5 Å². The first-order chi connectivity index (χ1) is 12.6. The molecule has 0 bridgehead atoms. The molecule has 0 N–H and O–H groups in total. The molecule has 7 heteroatoms. The molecule has 0 spiro atoms. The van der Waals surface area contributed by atoms with Crippen molar-refractivity contribution in [2.24, 2.45) is 0 Å². The highest BCUT2D eigenvalue weighted by atomic mass is 35.5.